The van der Waals surface area contributed by atoms with Crippen molar-refractivity contribution in [2.75, 3.05) is 26.6 Å². The Labute approximate surface area is 141 Å². The molecule has 0 unspecified atom stereocenters. The van der Waals surface area contributed by atoms with Gasteiger partial charge in [-0.3, -0.25) is 0 Å². The highest BCUT2D eigenvalue weighted by Crippen LogP contribution is 2.28. The molecule has 0 aromatic heterocycles. The van der Waals surface area contributed by atoms with Crippen molar-refractivity contribution in [3.05, 3.63) is 54.2 Å². The van der Waals surface area contributed by atoms with Crippen molar-refractivity contribution in [3.63, 3.8) is 0 Å². The SMILES string of the molecule is COc1ccc(NC(=O)N/C=C/c2ccccc2OC)c(OC)c1. The van der Waals surface area contributed by atoms with Gasteiger partial charge < -0.3 is 24.8 Å². The van der Waals surface area contributed by atoms with Gasteiger partial charge in [0.1, 0.15) is 17.2 Å². The van der Waals surface area contributed by atoms with E-state index in [-0.39, 0.29) is 6.03 Å². The van der Waals surface area contributed by atoms with Crippen molar-refractivity contribution in [2.45, 2.75) is 0 Å². The Balaban J connectivity index is 2.00. The molecule has 0 heterocycles. The Hall–Kier alpha value is -3.15. The molecule has 0 fully saturated rings. The molecular weight excluding hydrogens is 308 g/mol. The lowest BCUT2D eigenvalue weighted by Gasteiger charge is -2.11. The topological polar surface area (TPSA) is 68.8 Å². The summed E-state index contributed by atoms with van der Waals surface area (Å²) in [6, 6.07) is 12.3. The van der Waals surface area contributed by atoms with Crippen LogP contribution < -0.4 is 24.8 Å². The molecule has 2 aromatic rings. The van der Waals surface area contributed by atoms with Crippen molar-refractivity contribution < 1.29 is 19.0 Å². The van der Waals surface area contributed by atoms with Gasteiger partial charge in [-0.2, -0.15) is 0 Å². The predicted molar refractivity (Wildman–Crippen MR) is 93.7 cm³/mol. The van der Waals surface area contributed by atoms with E-state index in [1.165, 1.54) is 7.11 Å². The molecule has 0 aliphatic rings. The third-order valence-electron chi connectivity index (χ3n) is 3.27. The van der Waals surface area contributed by atoms with Gasteiger partial charge in [0.05, 0.1) is 27.0 Å². The molecule has 6 nitrogen and oxygen atoms in total. The molecular formula is C18H20N2O4. The second-order valence-electron chi connectivity index (χ2n) is 4.74. The van der Waals surface area contributed by atoms with E-state index >= 15 is 0 Å². The van der Waals surface area contributed by atoms with Crippen LogP contribution in [0.3, 0.4) is 0 Å². The lowest BCUT2D eigenvalue weighted by Crippen LogP contribution is -2.24. The maximum atomic E-state index is 12.0. The zero-order valence-electron chi connectivity index (χ0n) is 13.8. The first-order valence-corrected chi connectivity index (χ1v) is 7.27. The number of urea groups is 1. The molecule has 0 aliphatic carbocycles. The molecule has 0 atom stereocenters. The Bertz CT molecular complexity index is 729. The molecule has 6 heteroatoms. The number of carbonyl (C=O) groups is 1. The number of hydrogen-bond donors (Lipinski definition) is 2. The summed E-state index contributed by atoms with van der Waals surface area (Å²) >= 11 is 0. The van der Waals surface area contributed by atoms with E-state index < -0.39 is 0 Å². The highest BCUT2D eigenvalue weighted by molar-refractivity contribution is 5.92. The fraction of sp³-hybridized carbons (Fsp3) is 0.167. The third-order valence-corrected chi connectivity index (χ3v) is 3.27. The van der Waals surface area contributed by atoms with Gasteiger partial charge in [0.25, 0.3) is 0 Å². The smallest absolute Gasteiger partial charge is 0.323 e. The number of rotatable bonds is 6. The van der Waals surface area contributed by atoms with E-state index in [0.29, 0.717) is 17.2 Å². The molecule has 2 amide bonds. The summed E-state index contributed by atoms with van der Waals surface area (Å²) in [5.41, 5.74) is 1.41. The highest BCUT2D eigenvalue weighted by atomic mass is 16.5. The molecule has 0 aliphatic heterocycles. The number of hydrogen-bond acceptors (Lipinski definition) is 4. The van der Waals surface area contributed by atoms with Gasteiger partial charge >= 0.3 is 6.03 Å². The molecule has 2 N–H and O–H groups in total. The number of methoxy groups -OCH3 is 3. The first kappa shape index (κ1) is 17.2. The van der Waals surface area contributed by atoms with Crippen LogP contribution in [0.4, 0.5) is 10.5 Å². The molecule has 2 aromatic carbocycles. The van der Waals surface area contributed by atoms with Crippen LogP contribution in [0, 0.1) is 0 Å². The summed E-state index contributed by atoms with van der Waals surface area (Å²) < 4.78 is 15.6. The van der Waals surface area contributed by atoms with E-state index in [4.69, 9.17) is 14.2 Å². The summed E-state index contributed by atoms with van der Waals surface area (Å²) in [5, 5.41) is 5.35. The average molecular weight is 328 g/mol. The van der Waals surface area contributed by atoms with Gasteiger partial charge in [-0.1, -0.05) is 18.2 Å². The number of amides is 2. The summed E-state index contributed by atoms with van der Waals surface area (Å²) in [4.78, 5) is 12.0. The Morgan fingerprint density at radius 1 is 0.958 bits per heavy atom. The van der Waals surface area contributed by atoms with Crippen LogP contribution in [0.5, 0.6) is 17.2 Å². The standard InChI is InChI=1S/C18H20N2O4/c1-22-14-8-9-15(17(12-14)24-3)20-18(21)19-11-10-13-6-4-5-7-16(13)23-2/h4-12H,1-3H3,(H2,19,20,21)/b11-10+. The van der Waals surface area contributed by atoms with Gasteiger partial charge in [-0.15, -0.1) is 0 Å². The van der Waals surface area contributed by atoms with Gasteiger partial charge in [0.2, 0.25) is 0 Å². The van der Waals surface area contributed by atoms with Crippen LogP contribution in [-0.2, 0) is 0 Å². The molecule has 0 bridgehead atoms. The Kier molecular flexibility index (Phi) is 6.08. The summed E-state index contributed by atoms with van der Waals surface area (Å²) in [6.45, 7) is 0. The fourth-order valence-corrected chi connectivity index (χ4v) is 2.07. The largest absolute Gasteiger partial charge is 0.497 e. The van der Waals surface area contributed by atoms with Crippen molar-refractivity contribution in [1.29, 1.82) is 0 Å². The molecule has 0 spiro atoms. The van der Waals surface area contributed by atoms with Crippen LogP contribution in [-0.4, -0.2) is 27.4 Å². The lowest BCUT2D eigenvalue weighted by molar-refractivity contribution is 0.255. The van der Waals surface area contributed by atoms with Crippen LogP contribution in [0.25, 0.3) is 6.08 Å². The van der Waals surface area contributed by atoms with Crippen molar-refractivity contribution in [2.24, 2.45) is 0 Å². The van der Waals surface area contributed by atoms with E-state index in [0.717, 1.165) is 11.3 Å². The number of ether oxygens (including phenoxy) is 3. The van der Waals surface area contributed by atoms with E-state index in [1.807, 2.05) is 24.3 Å². The van der Waals surface area contributed by atoms with Crippen LogP contribution >= 0.6 is 0 Å². The number of anilines is 1. The van der Waals surface area contributed by atoms with Crippen LogP contribution in [0.15, 0.2) is 48.7 Å². The van der Waals surface area contributed by atoms with Crippen LogP contribution in [0.2, 0.25) is 0 Å². The second kappa shape index (κ2) is 8.47. The van der Waals surface area contributed by atoms with E-state index in [9.17, 15) is 4.79 Å². The van der Waals surface area contributed by atoms with E-state index in [2.05, 4.69) is 10.6 Å². The quantitative estimate of drug-likeness (QED) is 0.851. The first-order chi connectivity index (χ1) is 11.7. The Morgan fingerprint density at radius 3 is 2.42 bits per heavy atom. The second-order valence-corrected chi connectivity index (χ2v) is 4.74. The maximum absolute atomic E-state index is 12.0. The molecule has 0 saturated heterocycles. The molecule has 126 valence electrons. The zero-order valence-corrected chi connectivity index (χ0v) is 13.8. The number of carbonyl (C=O) groups excluding carboxylic acids is 1. The van der Waals surface area contributed by atoms with Crippen molar-refractivity contribution in [1.82, 2.24) is 5.32 Å². The average Bonchev–Trinajstić information content (AvgIpc) is 2.62. The molecule has 24 heavy (non-hydrogen) atoms. The molecule has 0 saturated carbocycles. The van der Waals surface area contributed by atoms with Gasteiger partial charge in [-0.05, 0) is 24.3 Å². The predicted octanol–water partition coefficient (Wildman–Crippen LogP) is 3.50. The zero-order chi connectivity index (χ0) is 17.4. The Morgan fingerprint density at radius 2 is 1.71 bits per heavy atom. The molecule has 0 radical (unpaired) electrons. The highest BCUT2D eigenvalue weighted by Gasteiger charge is 2.07. The minimum atomic E-state index is -0.385. The van der Waals surface area contributed by atoms with Gasteiger partial charge in [0, 0.05) is 17.8 Å². The number of benzene rings is 2. The first-order valence-electron chi connectivity index (χ1n) is 7.27. The minimum Gasteiger partial charge on any atom is -0.497 e. The monoisotopic (exact) mass is 328 g/mol. The van der Waals surface area contributed by atoms with E-state index in [1.54, 1.807) is 44.7 Å². The van der Waals surface area contributed by atoms with Crippen LogP contribution in [0.1, 0.15) is 5.56 Å². The number of nitrogens with one attached hydrogen (secondary N) is 2. The van der Waals surface area contributed by atoms with Gasteiger partial charge in [-0.25, -0.2) is 4.79 Å². The summed E-state index contributed by atoms with van der Waals surface area (Å²) in [7, 11) is 4.69. The summed E-state index contributed by atoms with van der Waals surface area (Å²) in [5.74, 6) is 1.89. The lowest BCUT2D eigenvalue weighted by atomic mass is 10.2. The normalized spacial score (nSPS) is 10.3. The van der Waals surface area contributed by atoms with Crippen molar-refractivity contribution in [3.8, 4) is 17.2 Å². The maximum Gasteiger partial charge on any atom is 0.323 e. The number of para-hydroxylation sites is 1. The minimum absolute atomic E-state index is 0.385. The molecule has 2 rings (SSSR count). The van der Waals surface area contributed by atoms with Crippen molar-refractivity contribution >= 4 is 17.8 Å². The fourth-order valence-electron chi connectivity index (χ4n) is 2.07. The third kappa shape index (κ3) is 4.42. The van der Waals surface area contributed by atoms with Gasteiger partial charge in [0.15, 0.2) is 0 Å². The summed E-state index contributed by atoms with van der Waals surface area (Å²) in [6.07, 6.45) is 3.30.